The van der Waals surface area contributed by atoms with Gasteiger partial charge in [-0.25, -0.2) is 0 Å². The molecule has 4 unspecified atom stereocenters. The van der Waals surface area contributed by atoms with Crippen LogP contribution in [0.3, 0.4) is 0 Å². The topological polar surface area (TPSA) is 43.2 Å². The van der Waals surface area contributed by atoms with E-state index in [1.54, 1.807) is 0 Å². The van der Waals surface area contributed by atoms with Crippen LogP contribution in [0, 0.1) is 11.8 Å². The SMILES string of the molecule is CC1CC(Br)C(N=C(CCCO[Si](C)(C)C)C(CCCO[Si](C)(C)C)=NC2C(Br)CC(C)CC2Br)C(Br)C1. The number of aliphatic imine (C=N–C) groups is 2. The van der Waals surface area contributed by atoms with Crippen LogP contribution in [0.1, 0.15) is 65.2 Å². The summed E-state index contributed by atoms with van der Waals surface area (Å²) in [4.78, 5) is 12.5. The van der Waals surface area contributed by atoms with Crippen LogP contribution < -0.4 is 0 Å². The van der Waals surface area contributed by atoms with Crippen LogP contribution in [-0.2, 0) is 8.85 Å². The summed E-state index contributed by atoms with van der Waals surface area (Å²) < 4.78 is 12.5. The molecule has 0 aromatic carbocycles. The standard InChI is InChI=1S/C28H52Br4N2O2Si2/c1-19-15-21(29)27(22(30)16-19)33-25(11-9-13-35-37(3,4)5)26(12-10-14-36-38(6,7)8)34-28-23(31)17-20(2)18-24(28)32/h19-24,27-28H,9-18H2,1-8H3. The highest BCUT2D eigenvalue weighted by atomic mass is 79.9. The maximum atomic E-state index is 6.23. The van der Waals surface area contributed by atoms with Crippen molar-refractivity contribution in [3.05, 3.63) is 0 Å². The van der Waals surface area contributed by atoms with Crippen LogP contribution >= 0.6 is 63.7 Å². The highest BCUT2D eigenvalue weighted by Crippen LogP contribution is 2.37. The van der Waals surface area contributed by atoms with E-state index < -0.39 is 16.6 Å². The molecular formula is C28H52Br4N2O2Si2. The Balaban J connectivity index is 2.38. The summed E-state index contributed by atoms with van der Waals surface area (Å²) in [6, 6.07) is 0.432. The number of alkyl halides is 4. The van der Waals surface area contributed by atoms with Gasteiger partial charge in [-0.3, -0.25) is 9.98 Å². The van der Waals surface area contributed by atoms with E-state index in [4.69, 9.17) is 18.8 Å². The molecular weight excluding hydrogens is 772 g/mol. The second-order valence-corrected chi connectivity index (χ2v) is 27.2. The minimum atomic E-state index is -1.54. The van der Waals surface area contributed by atoms with Crippen molar-refractivity contribution in [1.29, 1.82) is 0 Å². The van der Waals surface area contributed by atoms with Gasteiger partial charge in [-0.1, -0.05) is 77.6 Å². The molecule has 0 aliphatic heterocycles. The Labute approximate surface area is 269 Å². The largest absolute Gasteiger partial charge is 0.418 e. The van der Waals surface area contributed by atoms with Crippen molar-refractivity contribution in [2.75, 3.05) is 13.2 Å². The van der Waals surface area contributed by atoms with Crippen LogP contribution in [-0.4, -0.2) is 72.7 Å². The van der Waals surface area contributed by atoms with Crippen molar-refractivity contribution in [1.82, 2.24) is 0 Å². The van der Waals surface area contributed by atoms with E-state index in [9.17, 15) is 0 Å². The summed E-state index contributed by atoms with van der Waals surface area (Å²) in [5.74, 6) is 1.39. The predicted molar refractivity (Wildman–Crippen MR) is 187 cm³/mol. The Morgan fingerprint density at radius 3 is 1.16 bits per heavy atom. The second-order valence-electron chi connectivity index (χ2n) is 13.5. The van der Waals surface area contributed by atoms with Crippen molar-refractivity contribution in [2.24, 2.45) is 21.8 Å². The van der Waals surface area contributed by atoms with Crippen molar-refractivity contribution in [3.8, 4) is 0 Å². The molecule has 0 aromatic rings. The summed E-state index contributed by atoms with van der Waals surface area (Å²) in [7, 11) is -3.09. The number of nitrogens with zero attached hydrogens (tertiary/aromatic N) is 2. The zero-order valence-electron chi connectivity index (χ0n) is 24.9. The summed E-state index contributed by atoms with van der Waals surface area (Å²) in [6.07, 6.45) is 8.41. The quantitative estimate of drug-likeness (QED) is 0.0804. The zero-order chi connectivity index (χ0) is 28.7. The molecule has 10 heteroatoms. The molecule has 2 fully saturated rings. The maximum Gasteiger partial charge on any atom is 0.183 e. The first-order chi connectivity index (χ1) is 17.6. The molecule has 0 aromatic heterocycles. The van der Waals surface area contributed by atoms with Crippen LogP contribution in [0.5, 0.6) is 0 Å². The smallest absolute Gasteiger partial charge is 0.183 e. The molecule has 38 heavy (non-hydrogen) atoms. The lowest BCUT2D eigenvalue weighted by atomic mass is 9.86. The van der Waals surface area contributed by atoms with Gasteiger partial charge in [0.05, 0.1) is 23.5 Å². The van der Waals surface area contributed by atoms with Gasteiger partial charge >= 0.3 is 0 Å². The lowest BCUT2D eigenvalue weighted by Crippen LogP contribution is -2.39. The molecule has 4 atom stereocenters. The molecule has 0 bridgehead atoms. The van der Waals surface area contributed by atoms with Gasteiger partial charge in [0.15, 0.2) is 16.6 Å². The third-order valence-electron chi connectivity index (χ3n) is 7.12. The van der Waals surface area contributed by atoms with E-state index in [-0.39, 0.29) is 12.1 Å². The number of rotatable bonds is 13. The molecule has 4 nitrogen and oxygen atoms in total. The molecule has 222 valence electrons. The van der Waals surface area contributed by atoms with Gasteiger partial charge in [0.25, 0.3) is 0 Å². The minimum absolute atomic E-state index is 0.216. The number of hydrogen-bond acceptors (Lipinski definition) is 4. The van der Waals surface area contributed by atoms with Crippen LogP contribution in [0.15, 0.2) is 9.98 Å². The first kappa shape index (κ1) is 35.8. The van der Waals surface area contributed by atoms with Gasteiger partial charge in [-0.2, -0.15) is 0 Å². The van der Waals surface area contributed by atoms with Gasteiger partial charge in [0.1, 0.15) is 0 Å². The molecule has 0 amide bonds. The van der Waals surface area contributed by atoms with Gasteiger partial charge < -0.3 is 8.85 Å². The Morgan fingerprint density at radius 1 is 0.605 bits per heavy atom. The lowest BCUT2D eigenvalue weighted by molar-refractivity contribution is 0.306. The molecule has 0 saturated heterocycles. The maximum absolute atomic E-state index is 6.23. The average Bonchev–Trinajstić information content (AvgIpc) is 2.74. The molecule has 2 aliphatic rings. The summed E-state index contributed by atoms with van der Waals surface area (Å²) in [5.41, 5.74) is 2.37. The summed E-state index contributed by atoms with van der Waals surface area (Å²) >= 11 is 16.0. The fraction of sp³-hybridized carbons (Fsp3) is 0.929. The molecule has 2 aliphatic carbocycles. The Hall–Kier alpha value is 1.61. The van der Waals surface area contributed by atoms with Crippen molar-refractivity contribution >= 4 is 91.8 Å². The van der Waals surface area contributed by atoms with Gasteiger partial charge in [-0.05, 0) is 102 Å². The first-order valence-electron chi connectivity index (χ1n) is 14.5. The van der Waals surface area contributed by atoms with Gasteiger partial charge in [0.2, 0.25) is 0 Å². The zero-order valence-corrected chi connectivity index (χ0v) is 33.3. The van der Waals surface area contributed by atoms with Crippen LogP contribution in [0.25, 0.3) is 0 Å². The Kier molecular flexibility index (Phi) is 15.5. The highest BCUT2D eigenvalue weighted by Gasteiger charge is 2.36. The van der Waals surface area contributed by atoms with E-state index in [1.807, 2.05) is 0 Å². The lowest BCUT2D eigenvalue weighted by Gasteiger charge is -2.35. The second kappa shape index (κ2) is 16.5. The normalized spacial score (nSPS) is 34.0. The molecule has 0 radical (unpaired) electrons. The number of halogens is 4. The van der Waals surface area contributed by atoms with Crippen LogP contribution in [0.2, 0.25) is 39.3 Å². The summed E-state index contributed by atoms with van der Waals surface area (Å²) in [5, 5.41) is 0. The Bertz CT molecular complexity index is 700. The van der Waals surface area contributed by atoms with E-state index in [1.165, 1.54) is 11.4 Å². The van der Waals surface area contributed by atoms with Crippen molar-refractivity contribution in [2.45, 2.75) is 136 Å². The number of hydrogen-bond donors (Lipinski definition) is 0. The third kappa shape index (κ3) is 13.3. The van der Waals surface area contributed by atoms with Crippen molar-refractivity contribution in [3.63, 3.8) is 0 Å². The molecule has 0 spiro atoms. The van der Waals surface area contributed by atoms with Gasteiger partial charge in [0, 0.05) is 32.5 Å². The highest BCUT2D eigenvalue weighted by molar-refractivity contribution is 9.10. The van der Waals surface area contributed by atoms with Gasteiger partial charge in [-0.15, -0.1) is 0 Å². The van der Waals surface area contributed by atoms with Crippen LogP contribution in [0.4, 0.5) is 0 Å². The molecule has 2 saturated carbocycles. The summed E-state index contributed by atoms with van der Waals surface area (Å²) in [6.45, 7) is 19.8. The van der Waals surface area contributed by atoms with E-state index in [2.05, 4.69) is 117 Å². The Morgan fingerprint density at radius 2 is 0.895 bits per heavy atom. The van der Waals surface area contributed by atoms with Crippen molar-refractivity contribution < 1.29 is 8.85 Å². The fourth-order valence-electron chi connectivity index (χ4n) is 5.23. The fourth-order valence-corrected chi connectivity index (χ4v) is 12.1. The predicted octanol–water partition coefficient (Wildman–Crippen LogP) is 9.78. The third-order valence-corrected chi connectivity index (χ3v) is 12.9. The average molecular weight is 825 g/mol. The monoisotopic (exact) mass is 820 g/mol. The van der Waals surface area contributed by atoms with E-state index in [0.717, 1.165) is 64.6 Å². The van der Waals surface area contributed by atoms with E-state index >= 15 is 0 Å². The first-order valence-corrected chi connectivity index (χ1v) is 25.0. The minimum Gasteiger partial charge on any atom is -0.418 e. The molecule has 0 heterocycles. The molecule has 2 rings (SSSR count). The molecule has 0 N–H and O–H groups in total. The van der Waals surface area contributed by atoms with E-state index in [0.29, 0.717) is 31.1 Å².